The maximum Gasteiger partial charge on any atom is 0.416 e. The first-order chi connectivity index (χ1) is 12.5. The quantitative estimate of drug-likeness (QED) is 0.681. The second-order valence-electron chi connectivity index (χ2n) is 5.42. The number of sulfonamides is 1. The van der Waals surface area contributed by atoms with Crippen molar-refractivity contribution in [1.82, 2.24) is 0 Å². The summed E-state index contributed by atoms with van der Waals surface area (Å²) in [5.41, 5.74) is -1.11. The van der Waals surface area contributed by atoms with E-state index in [1.165, 1.54) is 12.1 Å². The molecule has 0 saturated heterocycles. The highest BCUT2D eigenvalue weighted by atomic mass is 79.9. The Morgan fingerprint density at radius 3 is 2.56 bits per heavy atom. The fraction of sp³-hybridized carbons (Fsp3) is 0.133. The van der Waals surface area contributed by atoms with Gasteiger partial charge >= 0.3 is 6.18 Å². The highest BCUT2D eigenvalue weighted by Gasteiger charge is 2.32. The van der Waals surface area contributed by atoms with Gasteiger partial charge in [-0.3, -0.25) is 9.52 Å². The molecule has 144 valence electrons. The number of hydrogen-bond acceptors (Lipinski definition) is 4. The predicted molar refractivity (Wildman–Crippen MR) is 95.5 cm³/mol. The van der Waals surface area contributed by atoms with Gasteiger partial charge in [0.25, 0.3) is 15.9 Å². The number of nitrogens with one attached hydrogen (secondary N) is 2. The maximum absolute atomic E-state index is 12.7. The first-order valence-corrected chi connectivity index (χ1v) is 9.78. The van der Waals surface area contributed by atoms with Crippen LogP contribution in [0.4, 0.5) is 24.5 Å². The lowest BCUT2D eigenvalue weighted by Gasteiger charge is -2.21. The Balaban J connectivity index is 2.00. The van der Waals surface area contributed by atoms with Crippen LogP contribution in [0.25, 0.3) is 0 Å². The second kappa shape index (κ2) is 6.88. The summed E-state index contributed by atoms with van der Waals surface area (Å²) in [5, 5.41) is 2.05. The molecule has 0 radical (unpaired) electrons. The summed E-state index contributed by atoms with van der Waals surface area (Å²) in [6, 6.07) is 4.92. The maximum atomic E-state index is 12.7. The average Bonchev–Trinajstić information content (AvgIpc) is 2.54. The molecule has 2 aromatic carbocycles. The number of rotatable bonds is 3. The lowest BCUT2D eigenvalue weighted by molar-refractivity contribution is -0.137. The number of alkyl halides is 3. The van der Waals surface area contributed by atoms with Gasteiger partial charge in [-0.2, -0.15) is 13.2 Å². The van der Waals surface area contributed by atoms with Crippen molar-refractivity contribution in [1.29, 1.82) is 0 Å². The summed E-state index contributed by atoms with van der Waals surface area (Å²) in [7, 11) is -4.29. The third-order valence-electron chi connectivity index (χ3n) is 3.47. The van der Waals surface area contributed by atoms with Gasteiger partial charge in [0.15, 0.2) is 12.4 Å². The van der Waals surface area contributed by atoms with Crippen LogP contribution >= 0.6 is 27.5 Å². The molecular weight excluding hydrogens is 477 g/mol. The lowest BCUT2D eigenvalue weighted by atomic mass is 10.2. The molecule has 0 atom stereocenters. The Kier molecular flexibility index (Phi) is 5.04. The van der Waals surface area contributed by atoms with Gasteiger partial charge in [-0.25, -0.2) is 8.42 Å². The molecule has 27 heavy (non-hydrogen) atoms. The summed E-state index contributed by atoms with van der Waals surface area (Å²) in [6.45, 7) is -0.377. The molecule has 6 nitrogen and oxygen atoms in total. The van der Waals surface area contributed by atoms with Crippen LogP contribution in [0.3, 0.4) is 0 Å². The molecule has 0 bridgehead atoms. The predicted octanol–water partition coefficient (Wildman–Crippen LogP) is 4.25. The van der Waals surface area contributed by atoms with E-state index in [0.717, 1.165) is 6.07 Å². The van der Waals surface area contributed by atoms with E-state index in [-0.39, 0.29) is 28.6 Å². The molecule has 0 saturated carbocycles. The molecule has 0 unspecified atom stereocenters. The molecule has 0 fully saturated rings. The zero-order valence-electron chi connectivity index (χ0n) is 13.0. The van der Waals surface area contributed by atoms with Crippen molar-refractivity contribution in [3.63, 3.8) is 0 Å². The van der Waals surface area contributed by atoms with Crippen LogP contribution in [-0.2, 0) is 21.0 Å². The van der Waals surface area contributed by atoms with Crippen LogP contribution in [0.2, 0.25) is 5.02 Å². The van der Waals surface area contributed by atoms with Gasteiger partial charge in [-0.15, -0.1) is 0 Å². The Labute approximate surface area is 164 Å². The van der Waals surface area contributed by atoms with Gasteiger partial charge in [-0.05, 0) is 30.3 Å². The minimum absolute atomic E-state index is 0.0895. The monoisotopic (exact) mass is 484 g/mol. The van der Waals surface area contributed by atoms with Crippen LogP contribution in [0.5, 0.6) is 5.75 Å². The number of halogens is 5. The van der Waals surface area contributed by atoms with Crippen molar-refractivity contribution in [3.05, 3.63) is 45.4 Å². The summed E-state index contributed by atoms with van der Waals surface area (Å²) in [4.78, 5) is 11.1. The Morgan fingerprint density at radius 2 is 1.93 bits per heavy atom. The fourth-order valence-electron chi connectivity index (χ4n) is 2.31. The highest BCUT2D eigenvalue weighted by Crippen LogP contribution is 2.39. The molecule has 1 aliphatic heterocycles. The van der Waals surface area contributed by atoms with Crippen molar-refractivity contribution in [2.24, 2.45) is 0 Å². The lowest BCUT2D eigenvalue weighted by Crippen LogP contribution is -2.27. The van der Waals surface area contributed by atoms with E-state index in [1.54, 1.807) is 0 Å². The molecule has 1 heterocycles. The van der Waals surface area contributed by atoms with Gasteiger partial charge < -0.3 is 10.1 Å². The van der Waals surface area contributed by atoms with Gasteiger partial charge in [0.2, 0.25) is 0 Å². The molecule has 2 aromatic rings. The van der Waals surface area contributed by atoms with Crippen LogP contribution in [-0.4, -0.2) is 20.9 Å². The van der Waals surface area contributed by atoms with E-state index in [2.05, 4.69) is 26.0 Å². The van der Waals surface area contributed by atoms with Crippen LogP contribution in [0, 0.1) is 0 Å². The summed E-state index contributed by atoms with van der Waals surface area (Å²) < 4.78 is 71.3. The number of carbonyl (C=O) groups is 1. The number of ether oxygens (including phenoxy) is 1. The third-order valence-corrected chi connectivity index (χ3v) is 5.61. The molecular formula is C15H9BrClF3N2O4S. The minimum atomic E-state index is -4.61. The summed E-state index contributed by atoms with van der Waals surface area (Å²) in [6.07, 6.45) is -4.61. The first-order valence-electron chi connectivity index (χ1n) is 7.13. The van der Waals surface area contributed by atoms with Crippen molar-refractivity contribution < 1.29 is 31.1 Å². The Hall–Kier alpha value is -1.98. The van der Waals surface area contributed by atoms with E-state index in [9.17, 15) is 26.4 Å². The smallest absolute Gasteiger partial charge is 0.416 e. The van der Waals surface area contributed by atoms with E-state index in [4.69, 9.17) is 16.3 Å². The molecule has 1 aliphatic rings. The SMILES string of the molecule is O=C1COc2c(cc(Br)cc2S(=O)(=O)Nc2ccc(C(F)(F)F)cc2Cl)N1. The zero-order valence-corrected chi connectivity index (χ0v) is 16.2. The van der Waals surface area contributed by atoms with Crippen LogP contribution < -0.4 is 14.8 Å². The average molecular weight is 486 g/mol. The molecule has 0 aromatic heterocycles. The van der Waals surface area contributed by atoms with Crippen molar-refractivity contribution in [3.8, 4) is 5.75 Å². The highest BCUT2D eigenvalue weighted by molar-refractivity contribution is 9.10. The van der Waals surface area contributed by atoms with E-state index < -0.39 is 32.7 Å². The number of amides is 1. The van der Waals surface area contributed by atoms with Crippen LogP contribution in [0.15, 0.2) is 39.7 Å². The van der Waals surface area contributed by atoms with Crippen molar-refractivity contribution >= 4 is 54.8 Å². The largest absolute Gasteiger partial charge is 0.480 e. The van der Waals surface area contributed by atoms with E-state index in [0.29, 0.717) is 16.6 Å². The van der Waals surface area contributed by atoms with Gasteiger partial charge in [0.05, 0.1) is 22.0 Å². The normalized spacial score (nSPS) is 14.2. The minimum Gasteiger partial charge on any atom is -0.480 e. The Bertz CT molecular complexity index is 1040. The standard InChI is InChI=1S/C15H9BrClF3N2O4S/c16-8-4-11-14(26-6-13(23)21-11)12(5-8)27(24,25)22-10-2-1-7(3-9(10)17)15(18,19)20/h1-5,22H,6H2,(H,21,23). The Morgan fingerprint density at radius 1 is 1.22 bits per heavy atom. The molecule has 1 amide bonds. The zero-order chi connectivity index (χ0) is 20.0. The number of fused-ring (bicyclic) bond motifs is 1. The van der Waals surface area contributed by atoms with Crippen molar-refractivity contribution in [2.75, 3.05) is 16.6 Å². The number of hydrogen-bond donors (Lipinski definition) is 2. The van der Waals surface area contributed by atoms with Crippen molar-refractivity contribution in [2.45, 2.75) is 11.1 Å². The summed E-state index contributed by atoms with van der Waals surface area (Å²) >= 11 is 8.93. The fourth-order valence-corrected chi connectivity index (χ4v) is 4.47. The third kappa shape index (κ3) is 4.14. The molecule has 0 spiro atoms. The van der Waals surface area contributed by atoms with Gasteiger partial charge in [0, 0.05) is 4.47 Å². The molecule has 0 aliphatic carbocycles. The van der Waals surface area contributed by atoms with E-state index in [1.807, 2.05) is 0 Å². The topological polar surface area (TPSA) is 84.5 Å². The molecule has 12 heteroatoms. The number of benzene rings is 2. The molecule has 3 rings (SSSR count). The van der Waals surface area contributed by atoms with Gasteiger partial charge in [-0.1, -0.05) is 27.5 Å². The summed E-state index contributed by atoms with van der Waals surface area (Å²) in [5.74, 6) is -0.545. The number of anilines is 2. The first kappa shape index (κ1) is 19.8. The second-order valence-corrected chi connectivity index (χ2v) is 8.39. The van der Waals surface area contributed by atoms with Crippen LogP contribution in [0.1, 0.15) is 5.56 Å². The number of carbonyl (C=O) groups excluding carboxylic acids is 1. The van der Waals surface area contributed by atoms with Gasteiger partial charge in [0.1, 0.15) is 4.90 Å². The molecule has 2 N–H and O–H groups in total. The van der Waals surface area contributed by atoms with E-state index >= 15 is 0 Å².